The van der Waals surface area contributed by atoms with Gasteiger partial charge in [-0.05, 0) is 59.8 Å². The smallest absolute Gasteiger partial charge is 0.410 e. The van der Waals surface area contributed by atoms with Crippen molar-refractivity contribution in [2.45, 2.75) is 90.1 Å². The lowest BCUT2D eigenvalue weighted by Crippen LogP contribution is -2.43. The molecule has 0 unspecified atom stereocenters. The Kier molecular flexibility index (Phi) is 5.32. The molecular weight excluding hydrogens is 318 g/mol. The molecule has 25 heavy (non-hydrogen) atoms. The lowest BCUT2D eigenvalue weighted by Gasteiger charge is -2.32. The summed E-state index contributed by atoms with van der Waals surface area (Å²) >= 11 is 0. The SMILES string of the molecule is C[C@H](C[C@H]1CCCN1C(=O)OC(C)(C)C)N[C@@H]1CCCn2ncnc21. The van der Waals surface area contributed by atoms with Crippen LogP contribution >= 0.6 is 0 Å². The highest BCUT2D eigenvalue weighted by Crippen LogP contribution is 2.27. The van der Waals surface area contributed by atoms with Crippen molar-refractivity contribution in [3.05, 3.63) is 12.2 Å². The van der Waals surface area contributed by atoms with Gasteiger partial charge in [0.2, 0.25) is 0 Å². The van der Waals surface area contributed by atoms with Gasteiger partial charge in [0.25, 0.3) is 0 Å². The normalized spacial score (nSPS) is 24.9. The standard InChI is InChI=1S/C18H31N5O2/c1-13(21-15-8-6-10-23-16(15)19-12-20-23)11-14-7-5-9-22(14)17(24)25-18(2,3)4/h12-15,21H,5-11H2,1-4H3/t13-,14-,15-/m1/s1. The van der Waals surface area contributed by atoms with E-state index in [4.69, 9.17) is 4.74 Å². The van der Waals surface area contributed by atoms with Crippen LogP contribution in [-0.4, -0.2) is 50.0 Å². The molecule has 0 aliphatic carbocycles. The molecule has 3 heterocycles. The minimum absolute atomic E-state index is 0.181. The van der Waals surface area contributed by atoms with Gasteiger partial charge in [0.1, 0.15) is 17.8 Å². The van der Waals surface area contributed by atoms with Crippen LogP contribution < -0.4 is 5.32 Å². The third kappa shape index (κ3) is 4.51. The van der Waals surface area contributed by atoms with Crippen LogP contribution in [0.15, 0.2) is 6.33 Å². The van der Waals surface area contributed by atoms with E-state index in [1.54, 1.807) is 6.33 Å². The molecule has 1 saturated heterocycles. The van der Waals surface area contributed by atoms with E-state index >= 15 is 0 Å². The van der Waals surface area contributed by atoms with Crippen molar-refractivity contribution in [3.63, 3.8) is 0 Å². The molecule has 7 nitrogen and oxygen atoms in total. The summed E-state index contributed by atoms with van der Waals surface area (Å²) in [4.78, 5) is 18.8. The Morgan fingerprint density at radius 3 is 2.88 bits per heavy atom. The number of amides is 1. The first-order valence-electron chi connectivity index (χ1n) is 9.47. The maximum atomic E-state index is 12.4. The first-order chi connectivity index (χ1) is 11.8. The molecule has 2 aliphatic rings. The fraction of sp³-hybridized carbons (Fsp3) is 0.833. The molecule has 1 amide bonds. The third-order valence-corrected chi connectivity index (χ3v) is 4.94. The fourth-order valence-corrected chi connectivity index (χ4v) is 3.91. The molecule has 0 spiro atoms. The zero-order valence-electron chi connectivity index (χ0n) is 15.9. The van der Waals surface area contributed by atoms with Gasteiger partial charge < -0.3 is 15.0 Å². The van der Waals surface area contributed by atoms with Crippen molar-refractivity contribution in [1.29, 1.82) is 0 Å². The second-order valence-electron chi connectivity index (χ2n) is 8.31. The van der Waals surface area contributed by atoms with Crippen molar-refractivity contribution >= 4 is 6.09 Å². The van der Waals surface area contributed by atoms with E-state index in [1.807, 2.05) is 30.4 Å². The molecule has 1 aromatic rings. The summed E-state index contributed by atoms with van der Waals surface area (Å²) in [5, 5.41) is 7.98. The van der Waals surface area contributed by atoms with Crippen LogP contribution in [0.3, 0.4) is 0 Å². The summed E-state index contributed by atoms with van der Waals surface area (Å²) in [5.41, 5.74) is -0.444. The number of carbonyl (C=O) groups is 1. The molecule has 7 heteroatoms. The molecule has 1 N–H and O–H groups in total. The van der Waals surface area contributed by atoms with Crippen LogP contribution in [-0.2, 0) is 11.3 Å². The second-order valence-corrected chi connectivity index (χ2v) is 8.31. The summed E-state index contributed by atoms with van der Waals surface area (Å²) in [7, 11) is 0. The van der Waals surface area contributed by atoms with E-state index in [1.165, 1.54) is 0 Å². The molecule has 0 radical (unpaired) electrons. The van der Waals surface area contributed by atoms with Crippen molar-refractivity contribution in [2.24, 2.45) is 0 Å². The van der Waals surface area contributed by atoms with Gasteiger partial charge in [-0.3, -0.25) is 0 Å². The number of hydrogen-bond acceptors (Lipinski definition) is 5. The molecule has 0 saturated carbocycles. The van der Waals surface area contributed by atoms with Gasteiger partial charge in [0.05, 0.1) is 6.04 Å². The van der Waals surface area contributed by atoms with Crippen molar-refractivity contribution < 1.29 is 9.53 Å². The highest BCUT2D eigenvalue weighted by atomic mass is 16.6. The second kappa shape index (κ2) is 7.32. The number of ether oxygens (including phenoxy) is 1. The number of nitrogens with one attached hydrogen (secondary N) is 1. The van der Waals surface area contributed by atoms with Gasteiger partial charge in [-0.2, -0.15) is 5.10 Å². The molecule has 0 aromatic carbocycles. The number of likely N-dealkylation sites (tertiary alicyclic amines) is 1. The molecule has 3 rings (SSSR count). The lowest BCUT2D eigenvalue weighted by atomic mass is 10.0. The van der Waals surface area contributed by atoms with E-state index in [0.29, 0.717) is 6.04 Å². The lowest BCUT2D eigenvalue weighted by molar-refractivity contribution is 0.0213. The summed E-state index contributed by atoms with van der Waals surface area (Å²) in [5.74, 6) is 1.04. The topological polar surface area (TPSA) is 72.3 Å². The van der Waals surface area contributed by atoms with Crippen LogP contribution in [0.1, 0.15) is 71.7 Å². The molecule has 2 aliphatic heterocycles. The number of nitrogens with zero attached hydrogens (tertiary/aromatic N) is 4. The zero-order valence-corrected chi connectivity index (χ0v) is 15.9. The van der Waals surface area contributed by atoms with Crippen LogP contribution in [0.2, 0.25) is 0 Å². The number of aromatic nitrogens is 3. The van der Waals surface area contributed by atoms with Crippen LogP contribution in [0.4, 0.5) is 4.79 Å². The van der Waals surface area contributed by atoms with Crippen LogP contribution in [0, 0.1) is 0 Å². The Balaban J connectivity index is 1.56. The Hall–Kier alpha value is -1.63. The largest absolute Gasteiger partial charge is 0.444 e. The predicted octanol–water partition coefficient (Wildman–Crippen LogP) is 2.88. The Labute approximate surface area is 150 Å². The first kappa shape index (κ1) is 18.2. The van der Waals surface area contributed by atoms with Crippen molar-refractivity contribution in [1.82, 2.24) is 25.0 Å². The average Bonchev–Trinajstić information content (AvgIpc) is 3.14. The van der Waals surface area contributed by atoms with Crippen LogP contribution in [0.5, 0.6) is 0 Å². The average molecular weight is 349 g/mol. The van der Waals surface area contributed by atoms with Gasteiger partial charge in [0, 0.05) is 25.2 Å². The third-order valence-electron chi connectivity index (χ3n) is 4.94. The maximum Gasteiger partial charge on any atom is 0.410 e. The summed E-state index contributed by atoms with van der Waals surface area (Å²) in [6.45, 7) is 9.69. The summed E-state index contributed by atoms with van der Waals surface area (Å²) in [6, 6.07) is 0.808. The van der Waals surface area contributed by atoms with Crippen molar-refractivity contribution in [2.75, 3.05) is 6.54 Å². The molecule has 0 bridgehead atoms. The van der Waals surface area contributed by atoms with E-state index in [0.717, 1.165) is 51.0 Å². The number of fused-ring (bicyclic) bond motifs is 1. The van der Waals surface area contributed by atoms with E-state index in [2.05, 4.69) is 22.3 Å². The Morgan fingerprint density at radius 1 is 1.36 bits per heavy atom. The summed E-state index contributed by atoms with van der Waals surface area (Å²) in [6.07, 6.45) is 6.70. The minimum Gasteiger partial charge on any atom is -0.444 e. The van der Waals surface area contributed by atoms with E-state index in [-0.39, 0.29) is 18.2 Å². The molecule has 1 aromatic heterocycles. The summed E-state index contributed by atoms with van der Waals surface area (Å²) < 4.78 is 7.56. The van der Waals surface area contributed by atoms with E-state index < -0.39 is 5.60 Å². The molecule has 140 valence electrons. The maximum absolute atomic E-state index is 12.4. The van der Waals surface area contributed by atoms with E-state index in [9.17, 15) is 4.79 Å². The minimum atomic E-state index is -0.444. The first-order valence-corrected chi connectivity index (χ1v) is 9.47. The number of rotatable bonds is 4. The van der Waals surface area contributed by atoms with Gasteiger partial charge in [-0.15, -0.1) is 0 Å². The Bertz CT molecular complexity index is 595. The Morgan fingerprint density at radius 2 is 2.12 bits per heavy atom. The quantitative estimate of drug-likeness (QED) is 0.905. The monoisotopic (exact) mass is 349 g/mol. The molecular formula is C18H31N5O2. The predicted molar refractivity (Wildman–Crippen MR) is 95.2 cm³/mol. The highest BCUT2D eigenvalue weighted by molar-refractivity contribution is 5.68. The fourth-order valence-electron chi connectivity index (χ4n) is 3.91. The number of hydrogen-bond donors (Lipinski definition) is 1. The van der Waals surface area contributed by atoms with Gasteiger partial charge >= 0.3 is 6.09 Å². The zero-order chi connectivity index (χ0) is 18.0. The number of carbonyl (C=O) groups excluding carboxylic acids is 1. The number of aryl methyl sites for hydroxylation is 1. The molecule has 1 fully saturated rings. The van der Waals surface area contributed by atoms with Crippen molar-refractivity contribution in [3.8, 4) is 0 Å². The van der Waals surface area contributed by atoms with Gasteiger partial charge in [-0.1, -0.05) is 0 Å². The molecule has 3 atom stereocenters. The van der Waals surface area contributed by atoms with Gasteiger partial charge in [-0.25, -0.2) is 14.5 Å². The highest BCUT2D eigenvalue weighted by Gasteiger charge is 2.33. The van der Waals surface area contributed by atoms with Gasteiger partial charge in [0.15, 0.2) is 0 Å². The van der Waals surface area contributed by atoms with Crippen LogP contribution in [0.25, 0.3) is 0 Å².